The smallest absolute Gasteiger partial charge is 0.335 e. The van der Waals surface area contributed by atoms with E-state index in [9.17, 15) is 4.79 Å². The molecule has 1 aromatic carbocycles. The molecule has 0 unspecified atom stereocenters. The lowest BCUT2D eigenvalue weighted by Gasteiger charge is -2.20. The highest BCUT2D eigenvalue weighted by molar-refractivity contribution is 5.88. The number of allylic oxidation sites excluding steroid dienone is 4. The predicted octanol–water partition coefficient (Wildman–Crippen LogP) is 3.01. The van der Waals surface area contributed by atoms with E-state index in [0.29, 0.717) is 11.3 Å². The minimum absolute atomic E-state index is 0.215. The highest BCUT2D eigenvalue weighted by Gasteiger charge is 2.09. The van der Waals surface area contributed by atoms with Crippen LogP contribution in [-0.2, 0) is 0 Å². The molecule has 0 spiro atoms. The van der Waals surface area contributed by atoms with Gasteiger partial charge >= 0.3 is 5.97 Å². The second-order valence-corrected chi connectivity index (χ2v) is 4.24. The predicted molar refractivity (Wildman–Crippen MR) is 82.6 cm³/mol. The molecule has 0 aromatic heterocycles. The van der Waals surface area contributed by atoms with Crippen LogP contribution in [0.1, 0.15) is 22.8 Å². The first-order valence-corrected chi connectivity index (χ1v) is 6.33. The van der Waals surface area contributed by atoms with Gasteiger partial charge in [0.05, 0.1) is 11.3 Å². The molecule has 2 rings (SSSR count). The van der Waals surface area contributed by atoms with Gasteiger partial charge in [-0.05, 0) is 43.2 Å². The quantitative estimate of drug-likeness (QED) is 0.846. The highest BCUT2D eigenvalue weighted by atomic mass is 16.4. The SMILES string of the molecule is C=C1C=CC=NN1/C(C#Cc1cccc(C(=O)O)c1)=C\C. The van der Waals surface area contributed by atoms with Gasteiger partial charge in [0.15, 0.2) is 0 Å². The Hall–Kier alpha value is -3.06. The van der Waals surface area contributed by atoms with Crippen LogP contribution in [0.25, 0.3) is 0 Å². The number of carboxylic acid groups (broad SMARTS) is 1. The normalized spacial score (nSPS) is 13.9. The summed E-state index contributed by atoms with van der Waals surface area (Å²) >= 11 is 0. The number of aromatic carboxylic acids is 1. The lowest BCUT2D eigenvalue weighted by Crippen LogP contribution is -2.15. The molecule has 0 aliphatic carbocycles. The standard InChI is InChI=1S/C17H14N2O2/c1-3-16(19-13(2)6-5-11-18-19)10-9-14-7-4-8-15(12-14)17(20)21/h3-8,11-12H,2H2,1H3,(H,20,21)/b16-3-. The summed E-state index contributed by atoms with van der Waals surface area (Å²) in [6.45, 7) is 5.76. The van der Waals surface area contributed by atoms with E-state index < -0.39 is 5.97 Å². The maximum Gasteiger partial charge on any atom is 0.335 e. The zero-order valence-electron chi connectivity index (χ0n) is 11.6. The first-order chi connectivity index (χ1) is 10.1. The van der Waals surface area contributed by atoms with E-state index in [0.717, 1.165) is 5.70 Å². The molecule has 1 N–H and O–H groups in total. The van der Waals surface area contributed by atoms with Gasteiger partial charge in [-0.1, -0.05) is 24.6 Å². The summed E-state index contributed by atoms with van der Waals surface area (Å²) in [5.41, 5.74) is 2.25. The minimum atomic E-state index is -0.968. The number of hydrazone groups is 1. The zero-order chi connectivity index (χ0) is 15.2. The van der Waals surface area contributed by atoms with Crippen LogP contribution < -0.4 is 0 Å². The molecule has 4 nitrogen and oxygen atoms in total. The third-order valence-corrected chi connectivity index (χ3v) is 2.77. The number of rotatable bonds is 2. The van der Waals surface area contributed by atoms with Crippen LogP contribution in [0.15, 0.2) is 65.6 Å². The van der Waals surface area contributed by atoms with Crippen LogP contribution in [0.4, 0.5) is 0 Å². The molecular weight excluding hydrogens is 264 g/mol. The molecule has 1 aliphatic heterocycles. The number of hydrogen-bond acceptors (Lipinski definition) is 3. The number of carboxylic acids is 1. The summed E-state index contributed by atoms with van der Waals surface area (Å²) < 4.78 is 0. The maximum absolute atomic E-state index is 10.9. The van der Waals surface area contributed by atoms with Crippen molar-refractivity contribution in [2.75, 3.05) is 0 Å². The van der Waals surface area contributed by atoms with Gasteiger partial charge in [-0.15, -0.1) is 0 Å². The third-order valence-electron chi connectivity index (χ3n) is 2.77. The molecule has 0 saturated carbocycles. The molecule has 4 heteroatoms. The molecule has 0 saturated heterocycles. The van der Waals surface area contributed by atoms with E-state index in [2.05, 4.69) is 23.5 Å². The monoisotopic (exact) mass is 278 g/mol. The summed E-state index contributed by atoms with van der Waals surface area (Å²) in [4.78, 5) is 10.9. The fourth-order valence-electron chi connectivity index (χ4n) is 1.73. The van der Waals surface area contributed by atoms with Crippen LogP contribution in [0.2, 0.25) is 0 Å². The van der Waals surface area contributed by atoms with E-state index in [4.69, 9.17) is 5.11 Å². The van der Waals surface area contributed by atoms with Crippen LogP contribution in [0.3, 0.4) is 0 Å². The fraction of sp³-hybridized carbons (Fsp3) is 0.0588. The van der Waals surface area contributed by atoms with E-state index in [-0.39, 0.29) is 5.56 Å². The van der Waals surface area contributed by atoms with Crippen molar-refractivity contribution in [3.05, 3.63) is 71.6 Å². The lowest BCUT2D eigenvalue weighted by molar-refractivity contribution is 0.0697. The number of carbonyl (C=O) groups is 1. The molecule has 0 atom stereocenters. The van der Waals surface area contributed by atoms with E-state index in [1.54, 1.807) is 29.4 Å². The summed E-state index contributed by atoms with van der Waals surface area (Å²) in [6, 6.07) is 6.51. The Morgan fingerprint density at radius 2 is 2.29 bits per heavy atom. The van der Waals surface area contributed by atoms with Crippen LogP contribution in [-0.4, -0.2) is 22.3 Å². The van der Waals surface area contributed by atoms with Crippen LogP contribution in [0, 0.1) is 11.8 Å². The van der Waals surface area contributed by atoms with Crippen LogP contribution in [0.5, 0.6) is 0 Å². The van der Waals surface area contributed by atoms with Gasteiger partial charge < -0.3 is 5.11 Å². The van der Waals surface area contributed by atoms with Crippen molar-refractivity contribution < 1.29 is 9.90 Å². The van der Waals surface area contributed by atoms with Gasteiger partial charge in [-0.25, -0.2) is 9.80 Å². The van der Waals surface area contributed by atoms with Crippen LogP contribution >= 0.6 is 0 Å². The molecule has 1 heterocycles. The molecule has 104 valence electrons. The number of hydrogen-bond donors (Lipinski definition) is 1. The summed E-state index contributed by atoms with van der Waals surface area (Å²) in [7, 11) is 0. The van der Waals surface area contributed by atoms with E-state index in [1.807, 2.05) is 19.1 Å². The largest absolute Gasteiger partial charge is 0.478 e. The minimum Gasteiger partial charge on any atom is -0.478 e. The first-order valence-electron chi connectivity index (χ1n) is 6.33. The first kappa shape index (κ1) is 14.4. The second kappa shape index (κ2) is 6.40. The van der Waals surface area contributed by atoms with Gasteiger partial charge in [-0.3, -0.25) is 0 Å². The zero-order valence-corrected chi connectivity index (χ0v) is 11.6. The molecule has 0 bridgehead atoms. The third kappa shape index (κ3) is 3.48. The fourth-order valence-corrected chi connectivity index (χ4v) is 1.73. The average molecular weight is 278 g/mol. The van der Waals surface area contributed by atoms with Gasteiger partial charge in [0.25, 0.3) is 0 Å². The second-order valence-electron chi connectivity index (χ2n) is 4.24. The Bertz CT molecular complexity index is 731. The van der Waals surface area contributed by atoms with Crippen molar-refractivity contribution in [2.45, 2.75) is 6.92 Å². The molecule has 1 aliphatic rings. The summed E-state index contributed by atoms with van der Waals surface area (Å²) in [6.07, 6.45) is 7.12. The van der Waals surface area contributed by atoms with Crippen molar-refractivity contribution in [3.8, 4) is 11.8 Å². The Kier molecular flexibility index (Phi) is 4.37. The van der Waals surface area contributed by atoms with Crippen molar-refractivity contribution in [1.82, 2.24) is 5.01 Å². The molecule has 0 fully saturated rings. The highest BCUT2D eigenvalue weighted by Crippen LogP contribution is 2.15. The van der Waals surface area contributed by atoms with Gasteiger partial charge in [0.1, 0.15) is 5.70 Å². The number of nitrogens with zero attached hydrogens (tertiary/aromatic N) is 2. The summed E-state index contributed by atoms with van der Waals surface area (Å²) in [5.74, 6) is 4.97. The Labute approximate surface area is 123 Å². The van der Waals surface area contributed by atoms with E-state index >= 15 is 0 Å². The summed E-state index contributed by atoms with van der Waals surface area (Å²) in [5, 5.41) is 14.8. The van der Waals surface area contributed by atoms with Gasteiger partial charge in [0.2, 0.25) is 0 Å². The molecule has 21 heavy (non-hydrogen) atoms. The molecule has 0 amide bonds. The molecular formula is C17H14N2O2. The number of benzene rings is 1. The van der Waals surface area contributed by atoms with Gasteiger partial charge in [0, 0.05) is 11.8 Å². The van der Waals surface area contributed by atoms with Crippen molar-refractivity contribution >= 4 is 12.2 Å². The molecule has 0 radical (unpaired) electrons. The van der Waals surface area contributed by atoms with Crippen molar-refractivity contribution in [2.24, 2.45) is 5.10 Å². The van der Waals surface area contributed by atoms with Crippen molar-refractivity contribution in [1.29, 1.82) is 0 Å². The van der Waals surface area contributed by atoms with Gasteiger partial charge in [-0.2, -0.15) is 5.10 Å². The Morgan fingerprint density at radius 1 is 1.48 bits per heavy atom. The topological polar surface area (TPSA) is 52.9 Å². The van der Waals surface area contributed by atoms with E-state index in [1.165, 1.54) is 12.1 Å². The molecule has 1 aromatic rings. The van der Waals surface area contributed by atoms with Crippen molar-refractivity contribution in [3.63, 3.8) is 0 Å². The lowest BCUT2D eigenvalue weighted by atomic mass is 10.1. The Balaban J connectivity index is 2.26. The maximum atomic E-state index is 10.9. The Morgan fingerprint density at radius 3 is 2.95 bits per heavy atom. The average Bonchev–Trinajstić information content (AvgIpc) is 2.50.